The molecule has 1 unspecified atom stereocenters. The van der Waals surface area contributed by atoms with Crippen LogP contribution in [0.1, 0.15) is 11.5 Å². The van der Waals surface area contributed by atoms with E-state index >= 15 is 0 Å². The summed E-state index contributed by atoms with van der Waals surface area (Å²) in [6.45, 7) is 3.03. The van der Waals surface area contributed by atoms with Gasteiger partial charge in [-0.25, -0.2) is 4.39 Å². The molecular formula is C10H8FNO5. The van der Waals surface area contributed by atoms with Gasteiger partial charge in [-0.3, -0.25) is 14.9 Å². The standard InChI is InChI=1S/C10H8FNO5/c1-5(13)9(10(14)15)7-3-2-6(11)4-8(7)12(16)17/h2-4,9,13H,1H2,(H,14,15). The van der Waals surface area contributed by atoms with Crippen molar-refractivity contribution in [3.05, 3.63) is 52.0 Å². The van der Waals surface area contributed by atoms with E-state index in [4.69, 9.17) is 10.2 Å². The Morgan fingerprint density at radius 3 is 2.47 bits per heavy atom. The van der Waals surface area contributed by atoms with Gasteiger partial charge >= 0.3 is 5.97 Å². The lowest BCUT2D eigenvalue weighted by molar-refractivity contribution is -0.385. The Hall–Kier alpha value is -2.44. The third-order valence-electron chi connectivity index (χ3n) is 2.08. The number of nitro groups is 1. The molecule has 0 fully saturated rings. The molecule has 17 heavy (non-hydrogen) atoms. The van der Waals surface area contributed by atoms with Crippen molar-refractivity contribution in [1.82, 2.24) is 0 Å². The minimum absolute atomic E-state index is 0.323. The lowest BCUT2D eigenvalue weighted by Crippen LogP contribution is -2.15. The molecule has 0 aliphatic carbocycles. The fourth-order valence-corrected chi connectivity index (χ4v) is 1.37. The number of hydrogen-bond donors (Lipinski definition) is 2. The number of carboxylic acid groups (broad SMARTS) is 1. The van der Waals surface area contributed by atoms with Crippen molar-refractivity contribution in [3.63, 3.8) is 0 Å². The van der Waals surface area contributed by atoms with Crippen LogP contribution in [0.4, 0.5) is 10.1 Å². The van der Waals surface area contributed by atoms with Gasteiger partial charge in [-0.2, -0.15) is 0 Å². The van der Waals surface area contributed by atoms with Gasteiger partial charge in [0, 0.05) is 0 Å². The summed E-state index contributed by atoms with van der Waals surface area (Å²) in [7, 11) is 0. The lowest BCUT2D eigenvalue weighted by Gasteiger charge is -2.11. The summed E-state index contributed by atoms with van der Waals surface area (Å²) in [5.74, 6) is -4.79. The molecule has 0 heterocycles. The Morgan fingerprint density at radius 1 is 1.47 bits per heavy atom. The average Bonchev–Trinajstić information content (AvgIpc) is 2.19. The third kappa shape index (κ3) is 2.57. The summed E-state index contributed by atoms with van der Waals surface area (Å²) in [6, 6.07) is 2.41. The zero-order chi connectivity index (χ0) is 13.2. The van der Waals surface area contributed by atoms with E-state index in [2.05, 4.69) is 6.58 Å². The van der Waals surface area contributed by atoms with E-state index in [0.717, 1.165) is 12.1 Å². The third-order valence-corrected chi connectivity index (χ3v) is 2.08. The summed E-state index contributed by atoms with van der Waals surface area (Å²) in [6.07, 6.45) is 0. The smallest absolute Gasteiger partial charge is 0.318 e. The Kier molecular flexibility index (Phi) is 3.42. The molecule has 1 atom stereocenters. The van der Waals surface area contributed by atoms with Gasteiger partial charge in [-0.1, -0.05) is 6.58 Å². The molecule has 0 amide bonds. The Balaban J connectivity index is 3.43. The number of carboxylic acids is 1. The normalized spacial score (nSPS) is 11.8. The molecule has 2 N–H and O–H groups in total. The summed E-state index contributed by atoms with van der Waals surface area (Å²) in [5.41, 5.74) is -1.04. The number of carbonyl (C=O) groups is 1. The van der Waals surface area contributed by atoms with E-state index in [0.29, 0.717) is 6.07 Å². The van der Waals surface area contributed by atoms with E-state index in [-0.39, 0.29) is 5.56 Å². The predicted molar refractivity (Wildman–Crippen MR) is 55.2 cm³/mol. The Morgan fingerprint density at radius 2 is 2.06 bits per heavy atom. The fourth-order valence-electron chi connectivity index (χ4n) is 1.37. The number of aliphatic hydroxyl groups excluding tert-OH is 1. The SMILES string of the molecule is C=C(O)C(C(=O)O)c1ccc(F)cc1[N+](=O)[O-]. The van der Waals surface area contributed by atoms with E-state index in [1.807, 2.05) is 0 Å². The van der Waals surface area contributed by atoms with Crippen molar-refractivity contribution in [2.24, 2.45) is 0 Å². The first-order chi connectivity index (χ1) is 7.84. The highest BCUT2D eigenvalue weighted by atomic mass is 19.1. The van der Waals surface area contributed by atoms with Crippen molar-refractivity contribution in [1.29, 1.82) is 0 Å². The quantitative estimate of drug-likeness (QED) is 0.476. The van der Waals surface area contributed by atoms with Crippen LogP contribution >= 0.6 is 0 Å². The highest BCUT2D eigenvalue weighted by Gasteiger charge is 2.30. The van der Waals surface area contributed by atoms with Gasteiger partial charge < -0.3 is 10.2 Å². The second kappa shape index (κ2) is 4.60. The molecule has 1 aromatic rings. The second-order valence-electron chi connectivity index (χ2n) is 3.22. The number of aliphatic hydroxyl groups is 1. The van der Waals surface area contributed by atoms with Crippen molar-refractivity contribution < 1.29 is 24.3 Å². The molecule has 0 saturated carbocycles. The van der Waals surface area contributed by atoms with Crippen LogP contribution in [-0.4, -0.2) is 21.1 Å². The van der Waals surface area contributed by atoms with Crippen LogP contribution in [0.2, 0.25) is 0 Å². The number of halogens is 1. The van der Waals surface area contributed by atoms with Gasteiger partial charge in [0.2, 0.25) is 0 Å². The molecule has 0 bridgehead atoms. The minimum Gasteiger partial charge on any atom is -0.512 e. The molecule has 90 valence electrons. The van der Waals surface area contributed by atoms with Gasteiger partial charge in [-0.05, 0) is 12.1 Å². The number of benzene rings is 1. The van der Waals surface area contributed by atoms with E-state index in [1.54, 1.807) is 0 Å². The molecule has 6 nitrogen and oxygen atoms in total. The lowest BCUT2D eigenvalue weighted by atomic mass is 9.96. The zero-order valence-corrected chi connectivity index (χ0v) is 8.46. The molecule has 0 radical (unpaired) electrons. The summed E-state index contributed by atoms with van der Waals surface area (Å²) >= 11 is 0. The molecule has 7 heteroatoms. The molecule has 1 aromatic carbocycles. The van der Waals surface area contributed by atoms with Gasteiger partial charge in [0.1, 0.15) is 17.5 Å². The van der Waals surface area contributed by atoms with Gasteiger partial charge in [0.25, 0.3) is 5.69 Å². The largest absolute Gasteiger partial charge is 0.512 e. The number of aliphatic carboxylic acids is 1. The van der Waals surface area contributed by atoms with Crippen LogP contribution < -0.4 is 0 Å². The number of rotatable bonds is 4. The highest BCUT2D eigenvalue weighted by molar-refractivity contribution is 5.80. The Bertz CT molecular complexity index is 485. The maximum atomic E-state index is 12.8. The molecule has 0 aromatic heterocycles. The highest BCUT2D eigenvalue weighted by Crippen LogP contribution is 2.31. The van der Waals surface area contributed by atoms with E-state index < -0.39 is 34.1 Å². The van der Waals surface area contributed by atoms with Crippen molar-refractivity contribution in [2.45, 2.75) is 5.92 Å². The average molecular weight is 241 g/mol. The molecule has 0 spiro atoms. The molecule has 0 aliphatic rings. The van der Waals surface area contributed by atoms with Crippen molar-refractivity contribution in [3.8, 4) is 0 Å². The van der Waals surface area contributed by atoms with Crippen LogP contribution in [0.25, 0.3) is 0 Å². The van der Waals surface area contributed by atoms with Crippen molar-refractivity contribution in [2.75, 3.05) is 0 Å². The molecular weight excluding hydrogens is 233 g/mol. The fraction of sp³-hybridized carbons (Fsp3) is 0.100. The summed E-state index contributed by atoms with van der Waals surface area (Å²) in [4.78, 5) is 20.6. The number of nitrogens with zero attached hydrogens (tertiary/aromatic N) is 1. The van der Waals surface area contributed by atoms with Crippen LogP contribution in [-0.2, 0) is 4.79 Å². The van der Waals surface area contributed by atoms with Gasteiger partial charge in [0.15, 0.2) is 0 Å². The monoisotopic (exact) mass is 241 g/mol. The molecule has 1 rings (SSSR count). The van der Waals surface area contributed by atoms with Crippen molar-refractivity contribution >= 4 is 11.7 Å². The maximum absolute atomic E-state index is 12.8. The van der Waals surface area contributed by atoms with Crippen LogP contribution in [0.15, 0.2) is 30.5 Å². The molecule has 0 saturated heterocycles. The van der Waals surface area contributed by atoms with E-state index in [1.165, 1.54) is 0 Å². The minimum atomic E-state index is -1.66. The van der Waals surface area contributed by atoms with Gasteiger partial charge in [-0.15, -0.1) is 0 Å². The first-order valence-electron chi connectivity index (χ1n) is 4.39. The summed E-state index contributed by atoms with van der Waals surface area (Å²) < 4.78 is 12.8. The van der Waals surface area contributed by atoms with Crippen LogP contribution in [0.3, 0.4) is 0 Å². The zero-order valence-electron chi connectivity index (χ0n) is 8.46. The number of hydrogen-bond acceptors (Lipinski definition) is 4. The summed E-state index contributed by atoms with van der Waals surface area (Å²) in [5, 5.41) is 28.6. The molecule has 0 aliphatic heterocycles. The van der Waals surface area contributed by atoms with E-state index in [9.17, 15) is 19.3 Å². The van der Waals surface area contributed by atoms with Gasteiger partial charge in [0.05, 0.1) is 16.6 Å². The predicted octanol–water partition coefficient (Wildman–Crippen LogP) is 1.97. The van der Waals surface area contributed by atoms with Crippen LogP contribution in [0, 0.1) is 15.9 Å². The second-order valence-corrected chi connectivity index (χ2v) is 3.22. The first-order valence-corrected chi connectivity index (χ1v) is 4.39. The van der Waals surface area contributed by atoms with Crippen LogP contribution in [0.5, 0.6) is 0 Å². The Labute approximate surface area is 94.8 Å². The topological polar surface area (TPSA) is 101 Å². The number of nitro benzene ring substituents is 1. The first kappa shape index (κ1) is 12.6. The maximum Gasteiger partial charge on any atom is 0.318 e.